The van der Waals surface area contributed by atoms with Crippen molar-refractivity contribution in [2.24, 2.45) is 0 Å². The van der Waals surface area contributed by atoms with Gasteiger partial charge in [0, 0.05) is 45.3 Å². The van der Waals surface area contributed by atoms with Crippen molar-refractivity contribution in [1.29, 1.82) is 0 Å². The Hall–Kier alpha value is -2.12. The molecule has 0 aliphatic carbocycles. The minimum Gasteiger partial charge on any atom is -0.497 e. The number of aromatic nitrogens is 3. The zero-order chi connectivity index (χ0) is 17.8. The minimum atomic E-state index is 0.373. The van der Waals surface area contributed by atoms with E-state index in [1.165, 1.54) is 5.56 Å². The average Bonchev–Trinajstić information content (AvgIpc) is 2.92. The molecule has 136 valence electrons. The van der Waals surface area contributed by atoms with Crippen molar-refractivity contribution >= 4 is 0 Å². The van der Waals surface area contributed by atoms with Gasteiger partial charge in [-0.25, -0.2) is 0 Å². The molecule has 0 N–H and O–H groups in total. The van der Waals surface area contributed by atoms with Crippen LogP contribution in [0.25, 0.3) is 0 Å². The maximum Gasteiger partial charge on any atom is 0.159 e. The third kappa shape index (κ3) is 3.93. The van der Waals surface area contributed by atoms with Gasteiger partial charge in [-0.05, 0) is 24.6 Å². The zero-order valence-corrected chi connectivity index (χ0v) is 15.4. The van der Waals surface area contributed by atoms with Gasteiger partial charge in [-0.3, -0.25) is 4.90 Å². The first kappa shape index (κ1) is 17.7. The summed E-state index contributed by atoms with van der Waals surface area (Å²) < 4.78 is 18.2. The number of ether oxygens (including phenoxy) is 3. The van der Waals surface area contributed by atoms with Gasteiger partial charge >= 0.3 is 0 Å². The fourth-order valence-corrected chi connectivity index (χ4v) is 3.29. The molecule has 2 heterocycles. The highest BCUT2D eigenvalue weighted by atomic mass is 16.5. The van der Waals surface area contributed by atoms with Crippen molar-refractivity contribution in [3.05, 3.63) is 35.4 Å². The fraction of sp³-hybridized carbons (Fsp3) is 0.556. The van der Waals surface area contributed by atoms with Crippen molar-refractivity contribution in [3.63, 3.8) is 0 Å². The normalized spacial score (nSPS) is 17.8. The first-order valence-electron chi connectivity index (χ1n) is 8.50. The Morgan fingerprint density at radius 1 is 1.04 bits per heavy atom. The lowest BCUT2D eigenvalue weighted by molar-refractivity contribution is 0.171. The summed E-state index contributed by atoms with van der Waals surface area (Å²) in [6.07, 6.45) is 0.873. The topological polar surface area (TPSA) is 61.6 Å². The van der Waals surface area contributed by atoms with Crippen LogP contribution < -0.4 is 9.47 Å². The zero-order valence-electron chi connectivity index (χ0n) is 15.4. The van der Waals surface area contributed by atoms with E-state index in [1.54, 1.807) is 21.3 Å². The molecular formula is C18H26N4O3. The second-order valence-corrected chi connectivity index (χ2v) is 6.36. The first-order chi connectivity index (χ1) is 12.1. The highest BCUT2D eigenvalue weighted by molar-refractivity contribution is 5.38. The van der Waals surface area contributed by atoms with E-state index in [0.717, 1.165) is 49.2 Å². The molecular weight excluding hydrogens is 320 g/mol. The van der Waals surface area contributed by atoms with Crippen LogP contribution in [0.5, 0.6) is 11.5 Å². The minimum absolute atomic E-state index is 0.373. The van der Waals surface area contributed by atoms with Gasteiger partial charge in [0.05, 0.1) is 14.2 Å². The van der Waals surface area contributed by atoms with Crippen LogP contribution in [-0.2, 0) is 30.9 Å². The van der Waals surface area contributed by atoms with Gasteiger partial charge in [0.15, 0.2) is 5.82 Å². The molecule has 25 heavy (non-hydrogen) atoms. The maximum absolute atomic E-state index is 5.38. The van der Waals surface area contributed by atoms with Crippen LogP contribution >= 0.6 is 0 Å². The third-order valence-corrected chi connectivity index (χ3v) is 4.69. The van der Waals surface area contributed by atoms with Crippen LogP contribution in [-0.4, -0.2) is 53.6 Å². The molecule has 1 aliphatic rings. The monoisotopic (exact) mass is 346 g/mol. The summed E-state index contributed by atoms with van der Waals surface area (Å²) >= 11 is 0. The quantitative estimate of drug-likeness (QED) is 0.796. The predicted octanol–water partition coefficient (Wildman–Crippen LogP) is 1.89. The summed E-state index contributed by atoms with van der Waals surface area (Å²) in [5.41, 5.74) is 1.18. The van der Waals surface area contributed by atoms with Gasteiger partial charge in [0.25, 0.3) is 0 Å². The third-order valence-electron chi connectivity index (χ3n) is 4.69. The van der Waals surface area contributed by atoms with Crippen molar-refractivity contribution in [2.45, 2.75) is 39.1 Å². The molecule has 0 spiro atoms. The van der Waals surface area contributed by atoms with E-state index in [4.69, 9.17) is 14.2 Å². The summed E-state index contributed by atoms with van der Waals surface area (Å²) in [6, 6.07) is 6.40. The van der Waals surface area contributed by atoms with Crippen LogP contribution in [0.3, 0.4) is 0 Å². The van der Waals surface area contributed by atoms with E-state index >= 15 is 0 Å². The maximum atomic E-state index is 5.38. The molecule has 1 aromatic carbocycles. The standard InChI is InChI=1S/C18H26N4O3/c1-13-7-17-19-20-18(12-23-2)22(17)6-5-21(13)11-14-8-15(24-3)10-16(9-14)25-4/h8-10,13H,5-7,11-12H2,1-4H3/t13-/m1/s1. The van der Waals surface area contributed by atoms with Gasteiger partial charge in [-0.15, -0.1) is 10.2 Å². The Kier molecular flexibility index (Phi) is 5.55. The number of methoxy groups -OCH3 is 3. The molecule has 0 unspecified atom stereocenters. The van der Waals surface area contributed by atoms with Crippen LogP contribution in [0.4, 0.5) is 0 Å². The molecule has 2 aromatic rings. The van der Waals surface area contributed by atoms with E-state index in [-0.39, 0.29) is 0 Å². The molecule has 7 nitrogen and oxygen atoms in total. The SMILES string of the molecule is COCc1nnc2n1CCN(Cc1cc(OC)cc(OC)c1)[C@H](C)C2. The largest absolute Gasteiger partial charge is 0.497 e. The lowest BCUT2D eigenvalue weighted by atomic mass is 10.1. The molecule has 0 saturated heterocycles. The number of benzene rings is 1. The Morgan fingerprint density at radius 2 is 1.76 bits per heavy atom. The summed E-state index contributed by atoms with van der Waals surface area (Å²) in [5, 5.41) is 8.60. The molecule has 0 radical (unpaired) electrons. The summed E-state index contributed by atoms with van der Waals surface area (Å²) in [6.45, 7) is 5.37. The number of nitrogens with zero attached hydrogens (tertiary/aromatic N) is 4. The highest BCUT2D eigenvalue weighted by Gasteiger charge is 2.24. The lowest BCUT2D eigenvalue weighted by Gasteiger charge is -2.26. The molecule has 1 atom stereocenters. The van der Waals surface area contributed by atoms with Crippen LogP contribution in [0.15, 0.2) is 18.2 Å². The molecule has 0 fully saturated rings. The van der Waals surface area contributed by atoms with Crippen LogP contribution in [0, 0.1) is 0 Å². The fourth-order valence-electron chi connectivity index (χ4n) is 3.29. The van der Waals surface area contributed by atoms with Gasteiger partial charge in [-0.1, -0.05) is 0 Å². The molecule has 7 heteroatoms. The number of rotatable bonds is 6. The second-order valence-electron chi connectivity index (χ2n) is 6.36. The van der Waals surface area contributed by atoms with Crippen LogP contribution in [0.2, 0.25) is 0 Å². The molecule has 0 saturated carbocycles. The highest BCUT2D eigenvalue weighted by Crippen LogP contribution is 2.25. The van der Waals surface area contributed by atoms with E-state index in [9.17, 15) is 0 Å². The predicted molar refractivity (Wildman–Crippen MR) is 93.9 cm³/mol. The van der Waals surface area contributed by atoms with Crippen molar-refractivity contribution in [1.82, 2.24) is 19.7 Å². The number of hydrogen-bond acceptors (Lipinski definition) is 6. The van der Waals surface area contributed by atoms with E-state index in [1.807, 2.05) is 6.07 Å². The smallest absolute Gasteiger partial charge is 0.159 e. The molecule has 0 bridgehead atoms. The van der Waals surface area contributed by atoms with Gasteiger partial charge in [0.2, 0.25) is 0 Å². The number of hydrogen-bond donors (Lipinski definition) is 0. The first-order valence-corrected chi connectivity index (χ1v) is 8.50. The lowest BCUT2D eigenvalue weighted by Crippen LogP contribution is -2.34. The van der Waals surface area contributed by atoms with E-state index in [0.29, 0.717) is 12.6 Å². The molecule has 3 rings (SSSR count). The Morgan fingerprint density at radius 3 is 2.40 bits per heavy atom. The van der Waals surface area contributed by atoms with Gasteiger partial charge in [-0.2, -0.15) is 0 Å². The van der Waals surface area contributed by atoms with E-state index in [2.05, 4.69) is 38.7 Å². The van der Waals surface area contributed by atoms with E-state index < -0.39 is 0 Å². The number of fused-ring (bicyclic) bond motifs is 1. The van der Waals surface area contributed by atoms with Gasteiger partial charge in [0.1, 0.15) is 23.9 Å². The Bertz CT molecular complexity index is 694. The van der Waals surface area contributed by atoms with Crippen molar-refractivity contribution in [3.8, 4) is 11.5 Å². The average molecular weight is 346 g/mol. The molecule has 1 aromatic heterocycles. The Balaban J connectivity index is 1.76. The van der Waals surface area contributed by atoms with Crippen molar-refractivity contribution < 1.29 is 14.2 Å². The molecule has 0 amide bonds. The summed E-state index contributed by atoms with van der Waals surface area (Å²) in [7, 11) is 5.04. The van der Waals surface area contributed by atoms with Crippen LogP contribution in [0.1, 0.15) is 24.1 Å². The Labute approximate surface area is 148 Å². The van der Waals surface area contributed by atoms with Gasteiger partial charge < -0.3 is 18.8 Å². The summed E-state index contributed by atoms with van der Waals surface area (Å²) in [5.74, 6) is 3.56. The molecule has 1 aliphatic heterocycles. The second kappa shape index (κ2) is 7.84. The van der Waals surface area contributed by atoms with Crippen molar-refractivity contribution in [2.75, 3.05) is 27.9 Å². The summed E-state index contributed by atoms with van der Waals surface area (Å²) in [4.78, 5) is 2.46.